The molecule has 2 unspecified atom stereocenters. The van der Waals surface area contributed by atoms with Gasteiger partial charge in [-0.3, -0.25) is 9.59 Å². The first-order valence-electron chi connectivity index (χ1n) is 8.14. The van der Waals surface area contributed by atoms with Crippen molar-refractivity contribution in [2.75, 3.05) is 32.0 Å². The fraction of sp³-hybridized carbons (Fsp3) is 0.529. The molecule has 0 bridgehead atoms. The Balaban J connectivity index is 0.00000208. The van der Waals surface area contributed by atoms with Gasteiger partial charge in [-0.2, -0.15) is 0 Å². The molecule has 2 aliphatic heterocycles. The summed E-state index contributed by atoms with van der Waals surface area (Å²) in [5.74, 6) is 0.581. The van der Waals surface area contributed by atoms with Gasteiger partial charge in [-0.15, -0.1) is 24.2 Å². The number of hydrogen-bond donors (Lipinski definition) is 2. The summed E-state index contributed by atoms with van der Waals surface area (Å²) in [4.78, 5) is 27.6. The third-order valence-electron chi connectivity index (χ3n) is 4.46. The Hall–Kier alpha value is -1.24. The molecule has 2 heterocycles. The zero-order valence-corrected chi connectivity index (χ0v) is 15.6. The van der Waals surface area contributed by atoms with Gasteiger partial charge < -0.3 is 15.5 Å². The third-order valence-corrected chi connectivity index (χ3v) is 5.63. The smallest absolute Gasteiger partial charge is 0.253 e. The monoisotopic (exact) mass is 369 g/mol. The molecule has 3 rings (SSSR count). The highest BCUT2D eigenvalue weighted by atomic mass is 35.5. The summed E-state index contributed by atoms with van der Waals surface area (Å²) in [6.45, 7) is 4.44. The molecule has 2 atom stereocenters. The molecule has 0 spiro atoms. The van der Waals surface area contributed by atoms with E-state index in [-0.39, 0.29) is 29.5 Å². The first-order chi connectivity index (χ1) is 11.1. The van der Waals surface area contributed by atoms with Gasteiger partial charge in [0.1, 0.15) is 0 Å². The largest absolute Gasteiger partial charge is 0.338 e. The van der Waals surface area contributed by atoms with Gasteiger partial charge >= 0.3 is 0 Å². The maximum Gasteiger partial charge on any atom is 0.253 e. The Morgan fingerprint density at radius 2 is 2.25 bits per heavy atom. The molecule has 1 saturated heterocycles. The van der Waals surface area contributed by atoms with Crippen LogP contribution < -0.4 is 10.6 Å². The number of thioether (sulfide) groups is 1. The Labute approximate surface area is 153 Å². The van der Waals surface area contributed by atoms with Gasteiger partial charge in [0.25, 0.3) is 5.91 Å². The van der Waals surface area contributed by atoms with Gasteiger partial charge in [-0.25, -0.2) is 0 Å². The van der Waals surface area contributed by atoms with E-state index in [1.165, 1.54) is 18.2 Å². The van der Waals surface area contributed by atoms with Crippen molar-refractivity contribution < 1.29 is 9.59 Å². The lowest BCUT2D eigenvalue weighted by Crippen LogP contribution is -2.42. The minimum absolute atomic E-state index is 0. The van der Waals surface area contributed by atoms with Crippen LogP contribution >= 0.6 is 24.2 Å². The minimum atomic E-state index is -0.0894. The van der Waals surface area contributed by atoms with Gasteiger partial charge in [0.15, 0.2) is 0 Å². The molecule has 1 fully saturated rings. The van der Waals surface area contributed by atoms with Crippen LogP contribution in [0.3, 0.4) is 0 Å². The quantitative estimate of drug-likeness (QED) is 0.859. The Kier molecular flexibility index (Phi) is 6.54. The van der Waals surface area contributed by atoms with Gasteiger partial charge in [0.2, 0.25) is 5.91 Å². The van der Waals surface area contributed by atoms with Crippen LogP contribution in [0.25, 0.3) is 0 Å². The second-order valence-electron chi connectivity index (χ2n) is 6.28. The molecular weight excluding hydrogens is 346 g/mol. The number of halogens is 1. The van der Waals surface area contributed by atoms with E-state index in [9.17, 15) is 9.59 Å². The van der Waals surface area contributed by atoms with Crippen LogP contribution in [0.1, 0.15) is 30.1 Å². The predicted molar refractivity (Wildman–Crippen MR) is 100 cm³/mol. The molecule has 2 amide bonds. The maximum atomic E-state index is 12.8. The van der Waals surface area contributed by atoms with E-state index in [1.807, 2.05) is 37.1 Å². The molecule has 0 aromatic heterocycles. The zero-order chi connectivity index (χ0) is 16.4. The molecule has 1 aromatic carbocycles. The Morgan fingerprint density at radius 3 is 3.00 bits per heavy atom. The molecule has 7 heteroatoms. The average Bonchev–Trinajstić information content (AvgIpc) is 2.55. The highest BCUT2D eigenvalue weighted by Gasteiger charge is 2.27. The second-order valence-corrected chi connectivity index (χ2v) is 7.66. The van der Waals surface area contributed by atoms with E-state index in [4.69, 9.17) is 0 Å². The summed E-state index contributed by atoms with van der Waals surface area (Å²) in [7, 11) is 1.95. The van der Waals surface area contributed by atoms with Gasteiger partial charge in [0, 0.05) is 23.5 Å². The van der Waals surface area contributed by atoms with Crippen molar-refractivity contribution >= 4 is 41.7 Å². The lowest BCUT2D eigenvalue weighted by molar-refractivity contribution is -0.115. The van der Waals surface area contributed by atoms with Crippen LogP contribution in [0.2, 0.25) is 0 Å². The average molecular weight is 370 g/mol. The topological polar surface area (TPSA) is 61.4 Å². The van der Waals surface area contributed by atoms with Crippen LogP contribution in [0.15, 0.2) is 23.1 Å². The number of carbonyl (C=O) groups is 2. The van der Waals surface area contributed by atoms with Crippen molar-refractivity contribution in [1.82, 2.24) is 10.2 Å². The van der Waals surface area contributed by atoms with Crippen LogP contribution in [-0.4, -0.2) is 48.6 Å². The fourth-order valence-electron chi connectivity index (χ4n) is 3.23. The van der Waals surface area contributed by atoms with E-state index in [2.05, 4.69) is 10.6 Å². The minimum Gasteiger partial charge on any atom is -0.338 e. The summed E-state index contributed by atoms with van der Waals surface area (Å²) >= 11 is 1.54. The molecule has 0 saturated carbocycles. The molecule has 2 N–H and O–H groups in total. The lowest BCUT2D eigenvalue weighted by Gasteiger charge is -2.33. The molecular formula is C17H24ClN3O2S. The van der Waals surface area contributed by atoms with Crippen molar-refractivity contribution in [3.63, 3.8) is 0 Å². The standard InChI is InChI=1S/C17H23N3O2S.ClH/c1-11-16(21)19-14-8-13(5-6-15(14)23-11)17(22)20-7-3-4-12(10-20)9-18-2;/h5-6,8,11-12,18H,3-4,7,9-10H2,1-2H3,(H,19,21);1H. The number of rotatable bonds is 3. The van der Waals surface area contributed by atoms with Crippen molar-refractivity contribution in [3.05, 3.63) is 23.8 Å². The predicted octanol–water partition coefficient (Wildman–Crippen LogP) is 2.61. The summed E-state index contributed by atoms with van der Waals surface area (Å²) in [5, 5.41) is 6.01. The second kappa shape index (κ2) is 8.23. The number of nitrogens with one attached hydrogen (secondary N) is 2. The number of fused-ring (bicyclic) bond motifs is 1. The molecule has 24 heavy (non-hydrogen) atoms. The maximum absolute atomic E-state index is 12.8. The van der Waals surface area contributed by atoms with Crippen LogP contribution in [0.4, 0.5) is 5.69 Å². The number of hydrogen-bond acceptors (Lipinski definition) is 4. The van der Waals surface area contributed by atoms with Crippen molar-refractivity contribution in [1.29, 1.82) is 0 Å². The number of amides is 2. The van der Waals surface area contributed by atoms with Crippen LogP contribution in [0, 0.1) is 5.92 Å². The number of likely N-dealkylation sites (tertiary alicyclic amines) is 1. The van der Waals surface area contributed by atoms with Gasteiger partial charge in [-0.05, 0) is 57.5 Å². The number of anilines is 1. The first-order valence-corrected chi connectivity index (χ1v) is 9.02. The van der Waals surface area contributed by atoms with E-state index in [0.717, 1.165) is 36.6 Å². The Bertz CT molecular complexity index is 624. The number of nitrogens with zero attached hydrogens (tertiary/aromatic N) is 1. The third kappa shape index (κ3) is 4.05. The van der Waals surface area contributed by atoms with Crippen LogP contribution in [-0.2, 0) is 4.79 Å². The summed E-state index contributed by atoms with van der Waals surface area (Å²) in [5.41, 5.74) is 1.41. The van der Waals surface area contributed by atoms with E-state index in [1.54, 1.807) is 0 Å². The molecule has 132 valence electrons. The molecule has 0 aliphatic carbocycles. The Morgan fingerprint density at radius 1 is 1.46 bits per heavy atom. The summed E-state index contributed by atoms with van der Waals surface area (Å²) in [6, 6.07) is 5.63. The van der Waals surface area contributed by atoms with Gasteiger partial charge in [0.05, 0.1) is 10.9 Å². The highest BCUT2D eigenvalue weighted by molar-refractivity contribution is 8.00. The van der Waals surface area contributed by atoms with Crippen molar-refractivity contribution in [2.24, 2.45) is 5.92 Å². The molecule has 1 aromatic rings. The lowest BCUT2D eigenvalue weighted by atomic mass is 9.97. The summed E-state index contributed by atoms with van der Waals surface area (Å²) < 4.78 is 0. The first kappa shape index (κ1) is 19.1. The molecule has 0 radical (unpaired) electrons. The highest BCUT2D eigenvalue weighted by Crippen LogP contribution is 2.36. The molecule has 2 aliphatic rings. The van der Waals surface area contributed by atoms with Crippen LogP contribution in [0.5, 0.6) is 0 Å². The summed E-state index contributed by atoms with van der Waals surface area (Å²) in [6.07, 6.45) is 2.21. The van der Waals surface area contributed by atoms with Crippen molar-refractivity contribution in [2.45, 2.75) is 29.9 Å². The fourth-order valence-corrected chi connectivity index (χ4v) is 4.16. The van der Waals surface area contributed by atoms with Gasteiger partial charge in [-0.1, -0.05) is 0 Å². The van der Waals surface area contributed by atoms with E-state index in [0.29, 0.717) is 11.5 Å². The number of piperidine rings is 1. The number of benzene rings is 1. The SMILES string of the molecule is CNCC1CCCN(C(=O)c2ccc3c(c2)NC(=O)C(C)S3)C1.Cl. The van der Waals surface area contributed by atoms with E-state index < -0.39 is 0 Å². The van der Waals surface area contributed by atoms with E-state index >= 15 is 0 Å². The van der Waals surface area contributed by atoms with Crippen molar-refractivity contribution in [3.8, 4) is 0 Å². The number of carbonyl (C=O) groups excluding carboxylic acids is 2. The molecule has 5 nitrogen and oxygen atoms in total. The zero-order valence-electron chi connectivity index (χ0n) is 14.0. The normalized spacial score (nSPS) is 23.1.